The van der Waals surface area contributed by atoms with Crippen LogP contribution in [0, 0.1) is 0 Å². The Labute approximate surface area is 132 Å². The average molecular weight is 302 g/mol. The normalized spacial score (nSPS) is 14.6. The van der Waals surface area contributed by atoms with E-state index in [1.54, 1.807) is 18.7 Å². The monoisotopic (exact) mass is 301 g/mol. The Kier molecular flexibility index (Phi) is 14.7. The van der Waals surface area contributed by atoms with Crippen LogP contribution in [0.1, 0.15) is 97.8 Å². The average Bonchev–Trinajstić information content (AvgIpc) is 2.43. The maximum Gasteiger partial charge on any atom is 0.106 e. The molecule has 0 radical (unpaired) electrons. The van der Waals surface area contributed by atoms with Gasteiger partial charge in [-0.15, -0.1) is 0 Å². The molecule has 0 amide bonds. The second kappa shape index (κ2) is 14.8. The van der Waals surface area contributed by atoms with Crippen molar-refractivity contribution < 1.29 is 10.2 Å². The zero-order chi connectivity index (χ0) is 15.9. The van der Waals surface area contributed by atoms with Gasteiger partial charge in [0.1, 0.15) is 12.5 Å². The Morgan fingerprint density at radius 3 is 1.29 bits per heavy atom. The highest BCUT2D eigenvalue weighted by Crippen LogP contribution is 2.12. The summed E-state index contributed by atoms with van der Waals surface area (Å²) in [5.41, 5.74) is 0. The van der Waals surface area contributed by atoms with Gasteiger partial charge in [-0.1, -0.05) is 77.6 Å². The molecule has 0 bridgehead atoms. The standard InChI is InChI=1S/C18H39NO2/c1-4-5-6-7-8-9-10-11-12-13-14-15-16-19(17(2)20)18(3)21/h17-18,20-21H,4-16H2,1-3H3. The molecular weight excluding hydrogens is 262 g/mol. The van der Waals surface area contributed by atoms with Crippen molar-refractivity contribution in [3.63, 3.8) is 0 Å². The van der Waals surface area contributed by atoms with E-state index < -0.39 is 12.5 Å². The van der Waals surface area contributed by atoms with Crippen molar-refractivity contribution in [3.8, 4) is 0 Å². The van der Waals surface area contributed by atoms with Gasteiger partial charge >= 0.3 is 0 Å². The molecule has 128 valence electrons. The van der Waals surface area contributed by atoms with Gasteiger partial charge in [0.2, 0.25) is 0 Å². The lowest BCUT2D eigenvalue weighted by atomic mass is 10.1. The summed E-state index contributed by atoms with van der Waals surface area (Å²) in [5, 5.41) is 19.1. The lowest BCUT2D eigenvalue weighted by Gasteiger charge is -2.27. The SMILES string of the molecule is CCCCCCCCCCCCCCN(C(C)O)C(C)O. The Bertz CT molecular complexity index is 199. The summed E-state index contributed by atoms with van der Waals surface area (Å²) in [6.45, 7) is 6.48. The number of nitrogens with zero attached hydrogens (tertiary/aromatic N) is 1. The van der Waals surface area contributed by atoms with E-state index in [2.05, 4.69) is 6.92 Å². The van der Waals surface area contributed by atoms with Gasteiger partial charge in [-0.2, -0.15) is 0 Å². The van der Waals surface area contributed by atoms with Gasteiger partial charge in [0.05, 0.1) is 0 Å². The highest BCUT2D eigenvalue weighted by molar-refractivity contribution is 4.59. The molecule has 0 saturated carbocycles. The Hall–Kier alpha value is -0.120. The molecule has 2 atom stereocenters. The molecule has 2 N–H and O–H groups in total. The molecule has 0 aliphatic rings. The number of aliphatic hydroxyl groups is 2. The predicted octanol–water partition coefficient (Wildman–Crippen LogP) is 4.67. The van der Waals surface area contributed by atoms with E-state index in [4.69, 9.17) is 0 Å². The third kappa shape index (κ3) is 13.3. The Morgan fingerprint density at radius 1 is 0.619 bits per heavy atom. The van der Waals surface area contributed by atoms with Crippen LogP contribution in [0.4, 0.5) is 0 Å². The van der Waals surface area contributed by atoms with Crippen molar-refractivity contribution >= 4 is 0 Å². The number of aliphatic hydroxyl groups excluding tert-OH is 2. The van der Waals surface area contributed by atoms with Crippen molar-refractivity contribution in [2.45, 2.75) is 110 Å². The zero-order valence-corrected chi connectivity index (χ0v) is 14.7. The van der Waals surface area contributed by atoms with Crippen LogP contribution in [0.2, 0.25) is 0 Å². The van der Waals surface area contributed by atoms with Crippen LogP contribution < -0.4 is 0 Å². The lowest BCUT2D eigenvalue weighted by molar-refractivity contribution is -0.0844. The first-order valence-electron chi connectivity index (χ1n) is 9.21. The quantitative estimate of drug-likeness (QED) is 0.341. The molecule has 0 aliphatic heterocycles. The number of hydrogen-bond donors (Lipinski definition) is 2. The van der Waals surface area contributed by atoms with E-state index in [0.29, 0.717) is 0 Å². The van der Waals surface area contributed by atoms with E-state index in [1.807, 2.05) is 0 Å². The van der Waals surface area contributed by atoms with Gasteiger partial charge in [0.15, 0.2) is 0 Å². The van der Waals surface area contributed by atoms with Gasteiger partial charge in [0, 0.05) is 6.54 Å². The summed E-state index contributed by atoms with van der Waals surface area (Å²) < 4.78 is 0. The summed E-state index contributed by atoms with van der Waals surface area (Å²) in [5.74, 6) is 0. The van der Waals surface area contributed by atoms with Crippen molar-refractivity contribution in [2.24, 2.45) is 0 Å². The van der Waals surface area contributed by atoms with Crippen molar-refractivity contribution in [1.82, 2.24) is 4.90 Å². The first-order valence-corrected chi connectivity index (χ1v) is 9.21. The fraction of sp³-hybridized carbons (Fsp3) is 1.00. The van der Waals surface area contributed by atoms with Gasteiger partial charge in [0.25, 0.3) is 0 Å². The second-order valence-electron chi connectivity index (χ2n) is 6.39. The molecule has 2 unspecified atom stereocenters. The molecule has 0 heterocycles. The number of hydrogen-bond acceptors (Lipinski definition) is 3. The van der Waals surface area contributed by atoms with Gasteiger partial charge < -0.3 is 10.2 Å². The molecule has 3 heteroatoms. The highest BCUT2D eigenvalue weighted by Gasteiger charge is 2.14. The van der Waals surface area contributed by atoms with Crippen LogP contribution >= 0.6 is 0 Å². The van der Waals surface area contributed by atoms with E-state index in [1.165, 1.54) is 70.6 Å². The predicted molar refractivity (Wildman–Crippen MR) is 91.1 cm³/mol. The van der Waals surface area contributed by atoms with Crippen LogP contribution in [0.15, 0.2) is 0 Å². The molecule has 0 aromatic heterocycles. The molecule has 3 nitrogen and oxygen atoms in total. The van der Waals surface area contributed by atoms with E-state index in [9.17, 15) is 10.2 Å². The summed E-state index contributed by atoms with van der Waals surface area (Å²) in [6, 6.07) is 0. The molecule has 21 heavy (non-hydrogen) atoms. The summed E-state index contributed by atoms with van der Waals surface area (Å²) in [6.07, 6.45) is 14.9. The maximum atomic E-state index is 9.53. The van der Waals surface area contributed by atoms with Crippen LogP contribution in [-0.2, 0) is 0 Å². The van der Waals surface area contributed by atoms with E-state index in [0.717, 1.165) is 13.0 Å². The maximum absolute atomic E-state index is 9.53. The van der Waals surface area contributed by atoms with Gasteiger partial charge in [-0.05, 0) is 20.3 Å². The molecule has 0 aromatic rings. The van der Waals surface area contributed by atoms with Crippen LogP contribution in [0.5, 0.6) is 0 Å². The summed E-state index contributed by atoms with van der Waals surface area (Å²) in [4.78, 5) is 1.73. The summed E-state index contributed by atoms with van der Waals surface area (Å²) >= 11 is 0. The van der Waals surface area contributed by atoms with E-state index >= 15 is 0 Å². The lowest BCUT2D eigenvalue weighted by Crippen LogP contribution is -2.40. The molecule has 0 fully saturated rings. The molecule has 0 aliphatic carbocycles. The van der Waals surface area contributed by atoms with Gasteiger partial charge in [-0.25, -0.2) is 0 Å². The van der Waals surface area contributed by atoms with E-state index in [-0.39, 0.29) is 0 Å². The first-order chi connectivity index (χ1) is 10.1. The largest absolute Gasteiger partial charge is 0.379 e. The zero-order valence-electron chi connectivity index (χ0n) is 14.7. The molecular formula is C18H39NO2. The fourth-order valence-corrected chi connectivity index (χ4v) is 2.82. The van der Waals surface area contributed by atoms with Crippen LogP contribution in [-0.4, -0.2) is 34.1 Å². The molecule has 0 rings (SSSR count). The minimum Gasteiger partial charge on any atom is -0.379 e. The van der Waals surface area contributed by atoms with Crippen molar-refractivity contribution in [2.75, 3.05) is 6.54 Å². The topological polar surface area (TPSA) is 43.7 Å². The fourth-order valence-electron chi connectivity index (χ4n) is 2.82. The van der Waals surface area contributed by atoms with Crippen LogP contribution in [0.25, 0.3) is 0 Å². The minimum atomic E-state index is -0.558. The Morgan fingerprint density at radius 2 is 0.952 bits per heavy atom. The third-order valence-corrected chi connectivity index (χ3v) is 4.23. The second-order valence-corrected chi connectivity index (χ2v) is 6.39. The number of unbranched alkanes of at least 4 members (excludes halogenated alkanes) is 11. The number of rotatable bonds is 15. The van der Waals surface area contributed by atoms with Crippen molar-refractivity contribution in [3.05, 3.63) is 0 Å². The first kappa shape index (κ1) is 20.9. The smallest absolute Gasteiger partial charge is 0.106 e. The molecule has 0 spiro atoms. The highest BCUT2D eigenvalue weighted by atomic mass is 16.3. The minimum absolute atomic E-state index is 0.558. The van der Waals surface area contributed by atoms with Crippen LogP contribution in [0.3, 0.4) is 0 Å². The van der Waals surface area contributed by atoms with Gasteiger partial charge in [-0.3, -0.25) is 4.90 Å². The molecule has 0 saturated heterocycles. The Balaban J connectivity index is 3.25. The summed E-state index contributed by atoms with van der Waals surface area (Å²) in [7, 11) is 0. The van der Waals surface area contributed by atoms with Crippen molar-refractivity contribution in [1.29, 1.82) is 0 Å². The molecule has 0 aromatic carbocycles. The third-order valence-electron chi connectivity index (χ3n) is 4.23.